The van der Waals surface area contributed by atoms with Crippen LogP contribution in [-0.2, 0) is 11.4 Å². The molecule has 1 N–H and O–H groups in total. The van der Waals surface area contributed by atoms with E-state index in [0.717, 1.165) is 12.5 Å². The average Bonchev–Trinajstić information content (AvgIpc) is 2.37. The predicted molar refractivity (Wildman–Crippen MR) is 75.3 cm³/mol. The van der Waals surface area contributed by atoms with E-state index in [9.17, 15) is 0 Å². The third-order valence-electron chi connectivity index (χ3n) is 4.21. The summed E-state index contributed by atoms with van der Waals surface area (Å²) in [6.45, 7) is 5.56. The van der Waals surface area contributed by atoms with Gasteiger partial charge in [-0.05, 0) is 48.1 Å². The standard InChI is InChI=1S/C16H25NO/c1-16(2)10-8-15(9-11-16)14-6-4-13(5-7-14)12-17-18-3/h4-7,15,17H,8-12H2,1-3H3. The smallest absolute Gasteiger partial charge is 0.0572 e. The minimum atomic E-state index is 0.554. The monoisotopic (exact) mass is 247 g/mol. The molecule has 0 amide bonds. The molecule has 0 radical (unpaired) electrons. The molecule has 0 aromatic heterocycles. The van der Waals surface area contributed by atoms with Gasteiger partial charge in [0.25, 0.3) is 0 Å². The summed E-state index contributed by atoms with van der Waals surface area (Å²) in [5, 5.41) is 0. The summed E-state index contributed by atoms with van der Waals surface area (Å²) in [4.78, 5) is 4.87. The zero-order chi connectivity index (χ0) is 13.0. The molecule has 0 bridgehead atoms. The predicted octanol–water partition coefficient (Wildman–Crippen LogP) is 4.02. The van der Waals surface area contributed by atoms with E-state index >= 15 is 0 Å². The number of hydrogen-bond donors (Lipinski definition) is 1. The third-order valence-corrected chi connectivity index (χ3v) is 4.21. The molecule has 1 aromatic carbocycles. The van der Waals surface area contributed by atoms with Gasteiger partial charge in [0.15, 0.2) is 0 Å². The molecule has 2 rings (SSSR count). The quantitative estimate of drug-likeness (QED) is 0.811. The van der Waals surface area contributed by atoms with Crippen LogP contribution in [0.15, 0.2) is 24.3 Å². The third kappa shape index (κ3) is 3.56. The van der Waals surface area contributed by atoms with Crippen molar-refractivity contribution in [2.75, 3.05) is 7.11 Å². The zero-order valence-electron chi connectivity index (χ0n) is 11.8. The fourth-order valence-corrected chi connectivity index (χ4v) is 2.80. The van der Waals surface area contributed by atoms with Crippen LogP contribution >= 0.6 is 0 Å². The molecule has 100 valence electrons. The Morgan fingerprint density at radius 3 is 2.33 bits per heavy atom. The second-order valence-corrected chi connectivity index (χ2v) is 6.21. The largest absolute Gasteiger partial charge is 0.305 e. The van der Waals surface area contributed by atoms with Gasteiger partial charge in [0.1, 0.15) is 0 Å². The van der Waals surface area contributed by atoms with Gasteiger partial charge in [-0.3, -0.25) is 0 Å². The van der Waals surface area contributed by atoms with Crippen molar-refractivity contribution >= 4 is 0 Å². The normalized spacial score (nSPS) is 19.9. The molecule has 1 aliphatic rings. The molecular weight excluding hydrogens is 222 g/mol. The molecule has 0 spiro atoms. The number of nitrogens with one attached hydrogen (secondary N) is 1. The highest BCUT2D eigenvalue weighted by Crippen LogP contribution is 2.42. The summed E-state index contributed by atoms with van der Waals surface area (Å²) >= 11 is 0. The van der Waals surface area contributed by atoms with Crippen molar-refractivity contribution in [1.29, 1.82) is 0 Å². The second kappa shape index (κ2) is 5.85. The Hall–Kier alpha value is -0.860. The van der Waals surface area contributed by atoms with Crippen LogP contribution in [0.25, 0.3) is 0 Å². The molecule has 0 heterocycles. The maximum absolute atomic E-state index is 4.87. The molecule has 0 atom stereocenters. The van der Waals surface area contributed by atoms with Crippen molar-refractivity contribution in [3.8, 4) is 0 Å². The van der Waals surface area contributed by atoms with E-state index in [-0.39, 0.29) is 0 Å². The topological polar surface area (TPSA) is 21.3 Å². The lowest BCUT2D eigenvalue weighted by Gasteiger charge is -2.34. The highest BCUT2D eigenvalue weighted by atomic mass is 16.6. The van der Waals surface area contributed by atoms with Gasteiger partial charge in [0.2, 0.25) is 0 Å². The minimum Gasteiger partial charge on any atom is -0.305 e. The lowest BCUT2D eigenvalue weighted by Crippen LogP contribution is -2.20. The first kappa shape index (κ1) is 13.6. The summed E-state index contributed by atoms with van der Waals surface area (Å²) in [6, 6.07) is 8.99. The van der Waals surface area contributed by atoms with E-state index < -0.39 is 0 Å². The van der Waals surface area contributed by atoms with Crippen LogP contribution in [0.1, 0.15) is 56.6 Å². The number of rotatable bonds is 4. The SMILES string of the molecule is CONCc1ccc(C2CCC(C)(C)CC2)cc1. The molecule has 2 heteroatoms. The summed E-state index contributed by atoms with van der Waals surface area (Å²) in [6.07, 6.45) is 5.38. The Balaban J connectivity index is 1.94. The first-order valence-corrected chi connectivity index (χ1v) is 6.95. The van der Waals surface area contributed by atoms with Crippen molar-refractivity contribution in [3.63, 3.8) is 0 Å². The van der Waals surface area contributed by atoms with E-state index in [1.54, 1.807) is 7.11 Å². The molecule has 0 aliphatic heterocycles. The first-order chi connectivity index (χ1) is 8.61. The van der Waals surface area contributed by atoms with Crippen LogP contribution in [0.5, 0.6) is 0 Å². The van der Waals surface area contributed by atoms with Crippen molar-refractivity contribution in [1.82, 2.24) is 5.48 Å². The average molecular weight is 247 g/mol. The zero-order valence-corrected chi connectivity index (χ0v) is 11.8. The number of benzene rings is 1. The molecule has 1 saturated carbocycles. The summed E-state index contributed by atoms with van der Waals surface area (Å²) in [7, 11) is 1.65. The van der Waals surface area contributed by atoms with Crippen molar-refractivity contribution < 1.29 is 4.84 Å². The molecule has 0 saturated heterocycles. The van der Waals surface area contributed by atoms with E-state index in [0.29, 0.717) is 5.41 Å². The van der Waals surface area contributed by atoms with E-state index in [1.165, 1.54) is 36.8 Å². The summed E-state index contributed by atoms with van der Waals surface area (Å²) in [5.74, 6) is 0.766. The van der Waals surface area contributed by atoms with Gasteiger partial charge in [-0.2, -0.15) is 5.48 Å². The van der Waals surface area contributed by atoms with Crippen LogP contribution in [0.2, 0.25) is 0 Å². The maximum Gasteiger partial charge on any atom is 0.0572 e. The van der Waals surface area contributed by atoms with Gasteiger partial charge in [-0.15, -0.1) is 0 Å². The Morgan fingerprint density at radius 2 is 1.78 bits per heavy atom. The lowest BCUT2D eigenvalue weighted by molar-refractivity contribution is 0.0867. The van der Waals surface area contributed by atoms with Gasteiger partial charge in [-0.25, -0.2) is 0 Å². The summed E-state index contributed by atoms with van der Waals surface area (Å²) in [5.41, 5.74) is 6.21. The molecule has 1 fully saturated rings. The van der Waals surface area contributed by atoms with Crippen LogP contribution in [-0.4, -0.2) is 7.11 Å². The van der Waals surface area contributed by atoms with Crippen LogP contribution in [0, 0.1) is 5.41 Å². The molecular formula is C16H25NO. The Morgan fingerprint density at radius 1 is 1.17 bits per heavy atom. The Bertz CT molecular complexity index is 359. The van der Waals surface area contributed by atoms with Gasteiger partial charge >= 0.3 is 0 Å². The number of hydroxylamine groups is 1. The molecule has 18 heavy (non-hydrogen) atoms. The molecule has 1 aliphatic carbocycles. The van der Waals surface area contributed by atoms with Crippen molar-refractivity contribution in [2.24, 2.45) is 5.41 Å². The molecule has 2 nitrogen and oxygen atoms in total. The van der Waals surface area contributed by atoms with Gasteiger partial charge in [0, 0.05) is 6.54 Å². The van der Waals surface area contributed by atoms with E-state index in [4.69, 9.17) is 4.84 Å². The van der Waals surface area contributed by atoms with Crippen LogP contribution in [0.4, 0.5) is 0 Å². The highest BCUT2D eigenvalue weighted by molar-refractivity contribution is 5.25. The van der Waals surface area contributed by atoms with Crippen LogP contribution in [0.3, 0.4) is 0 Å². The van der Waals surface area contributed by atoms with E-state index in [1.807, 2.05) is 0 Å². The van der Waals surface area contributed by atoms with Crippen molar-refractivity contribution in [3.05, 3.63) is 35.4 Å². The Labute approximate surface area is 111 Å². The fourth-order valence-electron chi connectivity index (χ4n) is 2.80. The molecule has 1 aromatic rings. The fraction of sp³-hybridized carbons (Fsp3) is 0.625. The Kier molecular flexibility index (Phi) is 4.41. The van der Waals surface area contributed by atoms with Gasteiger partial charge < -0.3 is 4.84 Å². The lowest BCUT2D eigenvalue weighted by atomic mass is 9.71. The highest BCUT2D eigenvalue weighted by Gasteiger charge is 2.27. The first-order valence-electron chi connectivity index (χ1n) is 6.95. The minimum absolute atomic E-state index is 0.554. The summed E-state index contributed by atoms with van der Waals surface area (Å²) < 4.78 is 0. The molecule has 0 unspecified atom stereocenters. The second-order valence-electron chi connectivity index (χ2n) is 6.21. The van der Waals surface area contributed by atoms with Crippen molar-refractivity contribution in [2.45, 2.75) is 52.0 Å². The van der Waals surface area contributed by atoms with Crippen LogP contribution < -0.4 is 5.48 Å². The maximum atomic E-state index is 4.87. The van der Waals surface area contributed by atoms with Gasteiger partial charge in [-0.1, -0.05) is 38.1 Å². The number of hydrogen-bond acceptors (Lipinski definition) is 2. The van der Waals surface area contributed by atoms with E-state index in [2.05, 4.69) is 43.6 Å². The van der Waals surface area contributed by atoms with Gasteiger partial charge in [0.05, 0.1) is 7.11 Å².